The molecule has 0 fully saturated rings. The lowest BCUT2D eigenvalue weighted by atomic mass is 10.0. The van der Waals surface area contributed by atoms with Crippen LogP contribution in [0, 0.1) is 11.7 Å². The first-order chi connectivity index (χ1) is 7.15. The van der Waals surface area contributed by atoms with Crippen molar-refractivity contribution in [1.29, 1.82) is 0 Å². The van der Waals surface area contributed by atoms with Crippen molar-refractivity contribution < 1.29 is 9.13 Å². The molecule has 1 nitrogen and oxygen atoms in total. The van der Waals surface area contributed by atoms with Crippen molar-refractivity contribution in [3.8, 4) is 5.75 Å². The van der Waals surface area contributed by atoms with Crippen LogP contribution < -0.4 is 4.74 Å². The lowest BCUT2D eigenvalue weighted by molar-refractivity contribution is 0.310. The highest BCUT2D eigenvalue weighted by atomic mass is 19.1. The Hall–Kier alpha value is -1.05. The highest BCUT2D eigenvalue weighted by Gasteiger charge is 2.10. The van der Waals surface area contributed by atoms with Crippen LogP contribution in [0.2, 0.25) is 0 Å². The van der Waals surface area contributed by atoms with Crippen molar-refractivity contribution in [3.63, 3.8) is 0 Å². The average molecular weight is 210 g/mol. The molecule has 0 saturated heterocycles. The Balaban J connectivity index is 2.87. The summed E-state index contributed by atoms with van der Waals surface area (Å²) in [6.07, 6.45) is 1.67. The predicted molar refractivity (Wildman–Crippen MR) is 60.7 cm³/mol. The number of hydrogen-bond acceptors (Lipinski definition) is 1. The normalized spacial score (nSPS) is 10.7. The summed E-state index contributed by atoms with van der Waals surface area (Å²) in [7, 11) is 0. The van der Waals surface area contributed by atoms with E-state index in [0.717, 1.165) is 12.8 Å². The van der Waals surface area contributed by atoms with E-state index < -0.39 is 0 Å². The molecule has 15 heavy (non-hydrogen) atoms. The van der Waals surface area contributed by atoms with Gasteiger partial charge in [-0.25, -0.2) is 4.39 Å². The number of benzene rings is 1. The number of rotatable bonds is 5. The summed E-state index contributed by atoms with van der Waals surface area (Å²) in [5, 5.41) is 0. The summed E-state index contributed by atoms with van der Waals surface area (Å²) in [6, 6.07) is 5.04. The molecule has 0 unspecified atom stereocenters. The van der Waals surface area contributed by atoms with Gasteiger partial charge in [0.2, 0.25) is 0 Å². The molecule has 0 aromatic heterocycles. The fourth-order valence-electron chi connectivity index (χ4n) is 1.49. The molecule has 0 aliphatic carbocycles. The van der Waals surface area contributed by atoms with Gasteiger partial charge in [0, 0.05) is 5.56 Å². The largest absolute Gasteiger partial charge is 0.493 e. The fraction of sp³-hybridized carbons (Fsp3) is 0.538. The second-order valence-corrected chi connectivity index (χ2v) is 4.16. The van der Waals surface area contributed by atoms with E-state index in [1.54, 1.807) is 6.07 Å². The monoisotopic (exact) mass is 210 g/mol. The first kappa shape index (κ1) is 12.0. The summed E-state index contributed by atoms with van der Waals surface area (Å²) < 4.78 is 19.1. The van der Waals surface area contributed by atoms with Crippen LogP contribution >= 0.6 is 0 Å². The molecule has 0 N–H and O–H groups in total. The molecule has 0 radical (unpaired) electrons. The van der Waals surface area contributed by atoms with Crippen molar-refractivity contribution >= 4 is 0 Å². The third-order valence-corrected chi connectivity index (χ3v) is 2.15. The Morgan fingerprint density at radius 3 is 2.67 bits per heavy atom. The molecule has 1 aromatic carbocycles. The maximum absolute atomic E-state index is 13.6. The van der Waals surface area contributed by atoms with E-state index >= 15 is 0 Å². The SMILES string of the molecule is CCCOc1cccc(F)c1CC(C)C. The summed E-state index contributed by atoms with van der Waals surface area (Å²) >= 11 is 0. The van der Waals surface area contributed by atoms with Crippen LogP contribution in [-0.4, -0.2) is 6.61 Å². The zero-order valence-electron chi connectivity index (χ0n) is 9.72. The lowest BCUT2D eigenvalue weighted by Gasteiger charge is -2.13. The molecule has 0 aliphatic rings. The minimum Gasteiger partial charge on any atom is -0.493 e. The van der Waals surface area contributed by atoms with Crippen LogP contribution in [0.3, 0.4) is 0 Å². The molecule has 0 amide bonds. The molecule has 1 aromatic rings. The standard InChI is InChI=1S/C13H19FO/c1-4-8-15-13-7-5-6-12(14)11(13)9-10(2)3/h5-7,10H,4,8-9H2,1-3H3. The van der Waals surface area contributed by atoms with Crippen molar-refractivity contribution in [2.75, 3.05) is 6.61 Å². The predicted octanol–water partition coefficient (Wildman–Crippen LogP) is 3.81. The van der Waals surface area contributed by atoms with E-state index in [9.17, 15) is 4.39 Å². The quantitative estimate of drug-likeness (QED) is 0.718. The molecule has 0 saturated carbocycles. The van der Waals surface area contributed by atoms with Crippen LogP contribution in [-0.2, 0) is 6.42 Å². The van der Waals surface area contributed by atoms with Gasteiger partial charge >= 0.3 is 0 Å². The van der Waals surface area contributed by atoms with Crippen molar-refractivity contribution in [2.24, 2.45) is 5.92 Å². The number of hydrogen-bond donors (Lipinski definition) is 0. The molecule has 1 rings (SSSR count). The van der Waals surface area contributed by atoms with E-state index in [2.05, 4.69) is 13.8 Å². The van der Waals surface area contributed by atoms with Gasteiger partial charge in [0.15, 0.2) is 0 Å². The van der Waals surface area contributed by atoms with Gasteiger partial charge in [-0.15, -0.1) is 0 Å². The van der Waals surface area contributed by atoms with E-state index in [1.165, 1.54) is 6.07 Å². The average Bonchev–Trinajstić information content (AvgIpc) is 2.18. The van der Waals surface area contributed by atoms with Gasteiger partial charge in [0.05, 0.1) is 6.61 Å². The molecule has 2 heteroatoms. The topological polar surface area (TPSA) is 9.23 Å². The minimum atomic E-state index is -0.155. The van der Waals surface area contributed by atoms with Gasteiger partial charge in [-0.05, 0) is 30.9 Å². The van der Waals surface area contributed by atoms with E-state index in [1.807, 2.05) is 13.0 Å². The van der Waals surface area contributed by atoms with E-state index in [-0.39, 0.29) is 5.82 Å². The van der Waals surface area contributed by atoms with Crippen LogP contribution in [0.5, 0.6) is 5.75 Å². The second-order valence-electron chi connectivity index (χ2n) is 4.16. The maximum atomic E-state index is 13.6. The van der Waals surface area contributed by atoms with E-state index in [0.29, 0.717) is 23.8 Å². The van der Waals surface area contributed by atoms with Crippen LogP contribution in [0.4, 0.5) is 4.39 Å². The summed E-state index contributed by atoms with van der Waals surface area (Å²) in [5.41, 5.74) is 0.709. The summed E-state index contributed by atoms with van der Waals surface area (Å²) in [5.74, 6) is 0.980. The molecule has 0 bridgehead atoms. The summed E-state index contributed by atoms with van der Waals surface area (Å²) in [4.78, 5) is 0. The highest BCUT2D eigenvalue weighted by molar-refractivity contribution is 5.34. The van der Waals surface area contributed by atoms with Crippen LogP contribution in [0.25, 0.3) is 0 Å². The van der Waals surface area contributed by atoms with Gasteiger partial charge in [-0.2, -0.15) is 0 Å². The second kappa shape index (κ2) is 5.74. The van der Waals surface area contributed by atoms with Crippen molar-refractivity contribution in [2.45, 2.75) is 33.6 Å². The Labute approximate surface area is 91.3 Å². The van der Waals surface area contributed by atoms with Crippen molar-refractivity contribution in [1.82, 2.24) is 0 Å². The van der Waals surface area contributed by atoms with Crippen molar-refractivity contribution in [3.05, 3.63) is 29.6 Å². The third kappa shape index (κ3) is 3.54. The Kier molecular flexibility index (Phi) is 4.60. The van der Waals surface area contributed by atoms with Crippen LogP contribution in [0.15, 0.2) is 18.2 Å². The zero-order chi connectivity index (χ0) is 11.3. The van der Waals surface area contributed by atoms with Gasteiger partial charge in [-0.1, -0.05) is 26.8 Å². The zero-order valence-corrected chi connectivity index (χ0v) is 9.72. The maximum Gasteiger partial charge on any atom is 0.130 e. The molecule has 84 valence electrons. The van der Waals surface area contributed by atoms with Crippen LogP contribution in [0.1, 0.15) is 32.8 Å². The fourth-order valence-corrected chi connectivity index (χ4v) is 1.49. The Bertz CT molecular complexity index is 307. The Morgan fingerprint density at radius 2 is 2.07 bits per heavy atom. The number of ether oxygens (including phenoxy) is 1. The smallest absolute Gasteiger partial charge is 0.130 e. The minimum absolute atomic E-state index is 0.155. The lowest BCUT2D eigenvalue weighted by Crippen LogP contribution is -2.04. The van der Waals surface area contributed by atoms with Gasteiger partial charge in [0.1, 0.15) is 11.6 Å². The Morgan fingerprint density at radius 1 is 1.33 bits per heavy atom. The molecule has 0 aliphatic heterocycles. The molecule has 0 atom stereocenters. The summed E-state index contributed by atoms with van der Waals surface area (Å²) in [6.45, 7) is 6.85. The first-order valence-corrected chi connectivity index (χ1v) is 5.55. The third-order valence-electron chi connectivity index (χ3n) is 2.15. The van der Waals surface area contributed by atoms with Gasteiger partial charge in [-0.3, -0.25) is 0 Å². The number of halogens is 1. The molecule has 0 spiro atoms. The molecule has 0 heterocycles. The highest BCUT2D eigenvalue weighted by Crippen LogP contribution is 2.24. The van der Waals surface area contributed by atoms with Gasteiger partial charge in [0.25, 0.3) is 0 Å². The molecular weight excluding hydrogens is 191 g/mol. The molecular formula is C13H19FO. The van der Waals surface area contributed by atoms with Gasteiger partial charge < -0.3 is 4.74 Å². The van der Waals surface area contributed by atoms with E-state index in [4.69, 9.17) is 4.74 Å². The first-order valence-electron chi connectivity index (χ1n) is 5.55.